The minimum absolute atomic E-state index is 0.0631. The van der Waals surface area contributed by atoms with Crippen molar-refractivity contribution >= 4 is 17.3 Å². The first-order valence-corrected chi connectivity index (χ1v) is 8.12. The van der Waals surface area contributed by atoms with Gasteiger partial charge in [0.15, 0.2) is 0 Å². The molecular formula is C19H24ClNO. The lowest BCUT2D eigenvalue weighted by atomic mass is 10.0. The summed E-state index contributed by atoms with van der Waals surface area (Å²) in [6, 6.07) is 15.8. The van der Waals surface area contributed by atoms with Crippen LogP contribution in [0.3, 0.4) is 0 Å². The van der Waals surface area contributed by atoms with Gasteiger partial charge in [-0.1, -0.05) is 38.1 Å². The second-order valence-electron chi connectivity index (χ2n) is 6.20. The molecule has 0 aliphatic heterocycles. The molecular weight excluding hydrogens is 294 g/mol. The zero-order valence-corrected chi connectivity index (χ0v) is 14.2. The van der Waals surface area contributed by atoms with Crippen LogP contribution < -0.4 is 4.90 Å². The van der Waals surface area contributed by atoms with Crippen molar-refractivity contribution in [2.24, 2.45) is 5.92 Å². The van der Waals surface area contributed by atoms with Crippen LogP contribution in [0.15, 0.2) is 48.5 Å². The van der Waals surface area contributed by atoms with Crippen molar-refractivity contribution in [3.8, 4) is 5.75 Å². The zero-order valence-electron chi connectivity index (χ0n) is 13.5. The highest BCUT2D eigenvalue weighted by atomic mass is 35.5. The van der Waals surface area contributed by atoms with Crippen LogP contribution in [0.1, 0.15) is 30.4 Å². The highest BCUT2D eigenvalue weighted by molar-refractivity contribution is 6.21. The first-order chi connectivity index (χ1) is 10.5. The highest BCUT2D eigenvalue weighted by Crippen LogP contribution is 2.25. The van der Waals surface area contributed by atoms with Crippen molar-refractivity contribution in [3.05, 3.63) is 59.7 Å². The van der Waals surface area contributed by atoms with Crippen LogP contribution in [0.5, 0.6) is 5.75 Å². The van der Waals surface area contributed by atoms with Gasteiger partial charge in [-0.05, 0) is 47.7 Å². The second kappa shape index (κ2) is 7.55. The summed E-state index contributed by atoms with van der Waals surface area (Å²) in [7, 11) is 2.01. The molecule has 2 rings (SSSR count). The minimum atomic E-state index is -0.0631. The van der Waals surface area contributed by atoms with Crippen LogP contribution in [0.25, 0.3) is 0 Å². The topological polar surface area (TPSA) is 23.5 Å². The third-order valence-electron chi connectivity index (χ3n) is 3.71. The van der Waals surface area contributed by atoms with E-state index < -0.39 is 0 Å². The first kappa shape index (κ1) is 16.7. The quantitative estimate of drug-likeness (QED) is 0.757. The Bertz CT molecular complexity index is 577. The fraction of sp³-hybridized carbons (Fsp3) is 0.368. The van der Waals surface area contributed by atoms with Gasteiger partial charge in [0.2, 0.25) is 0 Å². The first-order valence-electron chi connectivity index (χ1n) is 7.69. The number of aromatic hydroxyl groups is 1. The minimum Gasteiger partial charge on any atom is -0.508 e. The largest absolute Gasteiger partial charge is 0.508 e. The van der Waals surface area contributed by atoms with E-state index in [4.69, 9.17) is 11.6 Å². The average Bonchev–Trinajstić information content (AvgIpc) is 2.48. The van der Waals surface area contributed by atoms with Gasteiger partial charge in [0, 0.05) is 19.3 Å². The molecule has 3 heteroatoms. The van der Waals surface area contributed by atoms with Crippen molar-refractivity contribution in [2.45, 2.75) is 25.6 Å². The monoisotopic (exact) mass is 317 g/mol. The lowest BCUT2D eigenvalue weighted by Gasteiger charge is -2.22. The molecule has 0 fully saturated rings. The fourth-order valence-electron chi connectivity index (χ4n) is 2.49. The van der Waals surface area contributed by atoms with Crippen molar-refractivity contribution in [2.75, 3.05) is 18.5 Å². The summed E-state index contributed by atoms with van der Waals surface area (Å²) in [5, 5.41) is 9.28. The van der Waals surface area contributed by atoms with Crippen LogP contribution in [0, 0.1) is 5.92 Å². The van der Waals surface area contributed by atoms with E-state index in [-0.39, 0.29) is 11.1 Å². The van der Waals surface area contributed by atoms with Crippen molar-refractivity contribution in [3.63, 3.8) is 0 Å². The number of hydrogen-bond acceptors (Lipinski definition) is 2. The normalized spacial score (nSPS) is 12.4. The molecule has 0 saturated heterocycles. The molecule has 1 atom stereocenters. The molecule has 2 aromatic rings. The molecule has 0 amide bonds. The summed E-state index contributed by atoms with van der Waals surface area (Å²) in [6.07, 6.45) is 1.10. The molecule has 22 heavy (non-hydrogen) atoms. The van der Waals surface area contributed by atoms with E-state index in [0.717, 1.165) is 24.2 Å². The Labute approximate surface area is 138 Å². The van der Waals surface area contributed by atoms with Gasteiger partial charge in [-0.15, -0.1) is 11.6 Å². The summed E-state index contributed by atoms with van der Waals surface area (Å²) < 4.78 is 0. The zero-order chi connectivity index (χ0) is 16.1. The third-order valence-corrected chi connectivity index (χ3v) is 4.10. The molecule has 0 heterocycles. The van der Waals surface area contributed by atoms with Crippen molar-refractivity contribution in [1.29, 1.82) is 0 Å². The number of phenols is 1. The summed E-state index contributed by atoms with van der Waals surface area (Å²) >= 11 is 6.55. The van der Waals surface area contributed by atoms with E-state index in [0.29, 0.717) is 5.92 Å². The van der Waals surface area contributed by atoms with Gasteiger partial charge in [0.05, 0.1) is 5.38 Å². The molecule has 0 aliphatic rings. The number of hydrogen-bond donors (Lipinski definition) is 1. The maximum atomic E-state index is 9.34. The van der Waals surface area contributed by atoms with Gasteiger partial charge in [-0.2, -0.15) is 0 Å². The molecule has 118 valence electrons. The smallest absolute Gasteiger partial charge is 0.115 e. The summed E-state index contributed by atoms with van der Waals surface area (Å²) in [5.74, 6) is 0.943. The molecule has 0 aromatic heterocycles. The number of halogens is 1. The Morgan fingerprint density at radius 2 is 1.59 bits per heavy atom. The standard InChI is InChI=1S/C19H24ClNO/c1-14(2)12-15-4-6-16(7-5-15)19(20)13-21(3)17-8-10-18(22)11-9-17/h4-11,14,19,22H,12-13H2,1-3H3. The van der Waals surface area contributed by atoms with Gasteiger partial charge in [-0.3, -0.25) is 0 Å². The number of likely N-dealkylation sites (N-methyl/N-ethyl adjacent to an activating group) is 1. The third kappa shape index (κ3) is 4.67. The molecule has 0 radical (unpaired) electrons. The van der Waals surface area contributed by atoms with Crippen LogP contribution in [0.4, 0.5) is 5.69 Å². The molecule has 1 unspecified atom stereocenters. The maximum absolute atomic E-state index is 9.34. The highest BCUT2D eigenvalue weighted by Gasteiger charge is 2.12. The number of nitrogens with zero attached hydrogens (tertiary/aromatic N) is 1. The number of phenolic OH excluding ortho intramolecular Hbond substituents is 1. The molecule has 2 aromatic carbocycles. The van der Waals surface area contributed by atoms with E-state index in [1.165, 1.54) is 5.56 Å². The molecule has 1 N–H and O–H groups in total. The van der Waals surface area contributed by atoms with Gasteiger partial charge >= 0.3 is 0 Å². The van der Waals surface area contributed by atoms with Crippen LogP contribution >= 0.6 is 11.6 Å². The van der Waals surface area contributed by atoms with Crippen molar-refractivity contribution < 1.29 is 5.11 Å². The summed E-state index contributed by atoms with van der Waals surface area (Å²) in [5.41, 5.74) is 3.54. The Balaban J connectivity index is 1.99. The maximum Gasteiger partial charge on any atom is 0.115 e. The number of anilines is 1. The summed E-state index contributed by atoms with van der Waals surface area (Å²) in [6.45, 7) is 5.17. The fourth-order valence-corrected chi connectivity index (χ4v) is 2.84. The van der Waals surface area contributed by atoms with E-state index in [1.807, 2.05) is 19.2 Å². The molecule has 2 nitrogen and oxygen atoms in total. The van der Waals surface area contributed by atoms with Gasteiger partial charge in [0.1, 0.15) is 5.75 Å². The predicted molar refractivity (Wildman–Crippen MR) is 95.0 cm³/mol. The molecule has 0 saturated carbocycles. The lowest BCUT2D eigenvalue weighted by Crippen LogP contribution is -2.21. The van der Waals surface area contributed by atoms with E-state index in [1.54, 1.807) is 12.1 Å². The molecule has 0 bridgehead atoms. The van der Waals surface area contributed by atoms with Gasteiger partial charge in [-0.25, -0.2) is 0 Å². The molecule has 0 aliphatic carbocycles. The average molecular weight is 318 g/mol. The van der Waals surface area contributed by atoms with Gasteiger partial charge in [0.25, 0.3) is 0 Å². The van der Waals surface area contributed by atoms with Crippen molar-refractivity contribution in [1.82, 2.24) is 0 Å². The Kier molecular flexibility index (Phi) is 5.73. The Morgan fingerprint density at radius 3 is 2.14 bits per heavy atom. The van der Waals surface area contributed by atoms with Crippen LogP contribution in [0.2, 0.25) is 0 Å². The Hall–Kier alpha value is -1.67. The van der Waals surface area contributed by atoms with E-state index >= 15 is 0 Å². The number of alkyl halides is 1. The van der Waals surface area contributed by atoms with Crippen LogP contribution in [-0.4, -0.2) is 18.7 Å². The SMILES string of the molecule is CC(C)Cc1ccc(C(Cl)CN(C)c2ccc(O)cc2)cc1. The second-order valence-corrected chi connectivity index (χ2v) is 6.73. The summed E-state index contributed by atoms with van der Waals surface area (Å²) in [4.78, 5) is 2.10. The van der Waals surface area contributed by atoms with E-state index in [2.05, 4.69) is 43.0 Å². The lowest BCUT2D eigenvalue weighted by molar-refractivity contribution is 0.475. The number of rotatable bonds is 6. The van der Waals surface area contributed by atoms with Crippen LogP contribution in [-0.2, 0) is 6.42 Å². The number of benzene rings is 2. The predicted octanol–water partition coefficient (Wildman–Crippen LogP) is 5.01. The van der Waals surface area contributed by atoms with Gasteiger partial charge < -0.3 is 10.0 Å². The Morgan fingerprint density at radius 1 is 1.00 bits per heavy atom. The molecule has 0 spiro atoms. The van der Waals surface area contributed by atoms with E-state index in [9.17, 15) is 5.11 Å².